The molecule has 2 N–H and O–H groups in total. The van der Waals surface area contributed by atoms with Crippen LogP contribution in [0, 0.1) is 11.6 Å². The van der Waals surface area contributed by atoms with Crippen LogP contribution in [0.4, 0.5) is 22.0 Å². The molecule has 1 amide bonds. The fraction of sp³-hybridized carbons (Fsp3) is 0.364. The molecule has 3 nitrogen and oxygen atoms in total. The Balaban J connectivity index is 2.32. The zero-order chi connectivity index (χ0) is 14.5. The number of hydrogen-bond donors (Lipinski definition) is 2. The van der Waals surface area contributed by atoms with E-state index in [-0.39, 0.29) is 12.1 Å². The van der Waals surface area contributed by atoms with Gasteiger partial charge in [0.25, 0.3) is 0 Å². The van der Waals surface area contributed by atoms with Crippen molar-refractivity contribution in [2.24, 2.45) is 0 Å². The van der Waals surface area contributed by atoms with Crippen molar-refractivity contribution in [3.05, 3.63) is 35.4 Å². The lowest BCUT2D eigenvalue weighted by atomic mass is 10.2. The summed E-state index contributed by atoms with van der Waals surface area (Å²) in [4.78, 5) is 11.0. The number of nitrogens with one attached hydrogen (secondary N) is 2. The molecule has 0 saturated carbocycles. The van der Waals surface area contributed by atoms with Crippen LogP contribution in [0.25, 0.3) is 0 Å². The zero-order valence-corrected chi connectivity index (χ0v) is 9.65. The SMILES string of the molecule is O=C(CNCc1ccc(F)cc1F)NCC(F)(F)F. The number of hydrogen-bond acceptors (Lipinski definition) is 2. The minimum absolute atomic E-state index is 0.0917. The predicted octanol–water partition coefficient (Wildman–Crippen LogP) is 1.73. The molecule has 0 spiro atoms. The van der Waals surface area contributed by atoms with Gasteiger partial charge in [-0.1, -0.05) is 6.07 Å². The molecular formula is C11H11F5N2O. The Morgan fingerprint density at radius 2 is 1.89 bits per heavy atom. The largest absolute Gasteiger partial charge is 0.405 e. The fourth-order valence-electron chi connectivity index (χ4n) is 1.24. The molecule has 106 valence electrons. The third-order valence-corrected chi connectivity index (χ3v) is 2.10. The average Bonchev–Trinajstić information content (AvgIpc) is 2.28. The number of benzene rings is 1. The lowest BCUT2D eigenvalue weighted by Crippen LogP contribution is -2.39. The van der Waals surface area contributed by atoms with Crippen LogP contribution >= 0.6 is 0 Å². The summed E-state index contributed by atoms with van der Waals surface area (Å²) in [5.41, 5.74) is 0.116. The van der Waals surface area contributed by atoms with Gasteiger partial charge in [-0.25, -0.2) is 8.78 Å². The molecule has 0 atom stereocenters. The molecule has 0 aliphatic heterocycles. The lowest BCUT2D eigenvalue weighted by Gasteiger charge is -2.09. The predicted molar refractivity (Wildman–Crippen MR) is 57.1 cm³/mol. The minimum Gasteiger partial charge on any atom is -0.346 e. The van der Waals surface area contributed by atoms with E-state index in [0.717, 1.165) is 6.07 Å². The van der Waals surface area contributed by atoms with E-state index in [0.29, 0.717) is 6.07 Å². The number of alkyl halides is 3. The monoisotopic (exact) mass is 282 g/mol. The van der Waals surface area contributed by atoms with Gasteiger partial charge in [0.2, 0.25) is 5.91 Å². The Bertz CT molecular complexity index is 447. The molecule has 0 heterocycles. The Labute approximate surface area is 105 Å². The number of rotatable bonds is 5. The van der Waals surface area contributed by atoms with Crippen LogP contribution in [-0.4, -0.2) is 25.2 Å². The number of carbonyl (C=O) groups excluding carboxylic acids is 1. The van der Waals surface area contributed by atoms with Gasteiger partial charge >= 0.3 is 6.18 Å². The highest BCUT2D eigenvalue weighted by atomic mass is 19.4. The number of amides is 1. The molecule has 1 aromatic carbocycles. The lowest BCUT2D eigenvalue weighted by molar-refractivity contribution is -0.137. The first-order chi connectivity index (χ1) is 8.78. The molecule has 1 rings (SSSR count). The molecule has 0 aromatic heterocycles. The van der Waals surface area contributed by atoms with Crippen molar-refractivity contribution >= 4 is 5.91 Å². The van der Waals surface area contributed by atoms with Gasteiger partial charge in [-0.15, -0.1) is 0 Å². The van der Waals surface area contributed by atoms with Gasteiger partial charge in [-0.3, -0.25) is 4.79 Å². The summed E-state index contributed by atoms with van der Waals surface area (Å²) in [6.45, 7) is -1.91. The molecule has 0 aliphatic rings. The van der Waals surface area contributed by atoms with E-state index < -0.39 is 36.8 Å². The molecule has 1 aromatic rings. The molecular weight excluding hydrogens is 271 g/mol. The summed E-state index contributed by atoms with van der Waals surface area (Å²) < 4.78 is 61.0. The van der Waals surface area contributed by atoms with E-state index in [4.69, 9.17) is 0 Å². The van der Waals surface area contributed by atoms with Crippen LogP contribution in [-0.2, 0) is 11.3 Å². The van der Waals surface area contributed by atoms with E-state index >= 15 is 0 Å². The van der Waals surface area contributed by atoms with Gasteiger partial charge in [0.15, 0.2) is 0 Å². The number of carbonyl (C=O) groups is 1. The van der Waals surface area contributed by atoms with Crippen LogP contribution in [0.3, 0.4) is 0 Å². The Morgan fingerprint density at radius 3 is 2.47 bits per heavy atom. The van der Waals surface area contributed by atoms with Crippen molar-refractivity contribution in [2.75, 3.05) is 13.1 Å². The first kappa shape index (κ1) is 15.4. The average molecular weight is 282 g/mol. The standard InChI is InChI=1S/C11H11F5N2O/c12-8-2-1-7(9(13)3-8)4-17-5-10(19)18-6-11(14,15)16/h1-3,17H,4-6H2,(H,18,19). The van der Waals surface area contributed by atoms with Gasteiger partial charge < -0.3 is 10.6 Å². The van der Waals surface area contributed by atoms with Gasteiger partial charge in [0, 0.05) is 18.2 Å². The van der Waals surface area contributed by atoms with Crippen molar-refractivity contribution in [1.29, 1.82) is 0 Å². The molecule has 0 aliphatic carbocycles. The fourth-order valence-corrected chi connectivity index (χ4v) is 1.24. The summed E-state index contributed by atoms with van der Waals surface area (Å²) in [5, 5.41) is 4.11. The summed E-state index contributed by atoms with van der Waals surface area (Å²) in [5.74, 6) is -2.38. The molecule has 8 heteroatoms. The first-order valence-electron chi connectivity index (χ1n) is 5.26. The first-order valence-corrected chi connectivity index (χ1v) is 5.26. The highest BCUT2D eigenvalue weighted by molar-refractivity contribution is 5.77. The molecule has 0 saturated heterocycles. The van der Waals surface area contributed by atoms with Gasteiger partial charge in [-0.2, -0.15) is 13.2 Å². The molecule has 0 fully saturated rings. The summed E-state index contributed by atoms with van der Waals surface area (Å²) in [6, 6.07) is 2.91. The normalized spacial score (nSPS) is 11.4. The van der Waals surface area contributed by atoms with Crippen LogP contribution in [0.1, 0.15) is 5.56 Å². The summed E-state index contributed by atoms with van der Waals surface area (Å²) in [7, 11) is 0. The van der Waals surface area contributed by atoms with Crippen molar-refractivity contribution < 1.29 is 26.7 Å². The second-order valence-electron chi connectivity index (χ2n) is 3.73. The smallest absolute Gasteiger partial charge is 0.346 e. The van der Waals surface area contributed by atoms with Crippen molar-refractivity contribution in [3.63, 3.8) is 0 Å². The second kappa shape index (κ2) is 6.46. The van der Waals surface area contributed by atoms with Crippen LogP contribution in [0.5, 0.6) is 0 Å². The zero-order valence-electron chi connectivity index (χ0n) is 9.65. The van der Waals surface area contributed by atoms with E-state index in [1.54, 1.807) is 5.32 Å². The van der Waals surface area contributed by atoms with E-state index in [1.165, 1.54) is 6.07 Å². The topological polar surface area (TPSA) is 41.1 Å². The number of halogens is 5. The molecule has 19 heavy (non-hydrogen) atoms. The third kappa shape index (κ3) is 6.14. The maximum absolute atomic E-state index is 13.1. The quantitative estimate of drug-likeness (QED) is 0.808. The Hall–Kier alpha value is -1.70. The maximum atomic E-state index is 13.1. The van der Waals surface area contributed by atoms with Crippen LogP contribution in [0.2, 0.25) is 0 Å². The minimum atomic E-state index is -4.47. The molecule has 0 unspecified atom stereocenters. The molecule has 0 bridgehead atoms. The highest BCUT2D eigenvalue weighted by Crippen LogP contribution is 2.12. The van der Waals surface area contributed by atoms with Crippen molar-refractivity contribution in [2.45, 2.75) is 12.7 Å². The van der Waals surface area contributed by atoms with Crippen molar-refractivity contribution in [3.8, 4) is 0 Å². The van der Waals surface area contributed by atoms with E-state index in [1.807, 2.05) is 0 Å². The van der Waals surface area contributed by atoms with Crippen LogP contribution in [0.15, 0.2) is 18.2 Å². The maximum Gasteiger partial charge on any atom is 0.405 e. The van der Waals surface area contributed by atoms with Crippen LogP contribution < -0.4 is 10.6 Å². The van der Waals surface area contributed by atoms with Crippen molar-refractivity contribution in [1.82, 2.24) is 10.6 Å². The van der Waals surface area contributed by atoms with Gasteiger partial charge in [0.1, 0.15) is 18.2 Å². The van der Waals surface area contributed by atoms with Gasteiger partial charge in [0.05, 0.1) is 6.54 Å². The Kier molecular flexibility index (Phi) is 5.22. The Morgan fingerprint density at radius 1 is 1.21 bits per heavy atom. The highest BCUT2D eigenvalue weighted by Gasteiger charge is 2.27. The molecule has 0 radical (unpaired) electrons. The van der Waals surface area contributed by atoms with Gasteiger partial charge in [-0.05, 0) is 6.07 Å². The summed E-state index contributed by atoms with van der Waals surface area (Å²) >= 11 is 0. The van der Waals surface area contributed by atoms with E-state index in [9.17, 15) is 26.7 Å². The summed E-state index contributed by atoms with van der Waals surface area (Å²) in [6.07, 6.45) is -4.47. The van der Waals surface area contributed by atoms with E-state index in [2.05, 4.69) is 5.32 Å². The third-order valence-electron chi connectivity index (χ3n) is 2.10. The second-order valence-corrected chi connectivity index (χ2v) is 3.73.